The van der Waals surface area contributed by atoms with Crippen LogP contribution in [0.4, 0.5) is 9.18 Å². The Morgan fingerprint density at radius 1 is 1.37 bits per heavy atom. The van der Waals surface area contributed by atoms with Crippen molar-refractivity contribution in [2.24, 2.45) is 0 Å². The van der Waals surface area contributed by atoms with E-state index in [0.29, 0.717) is 16.5 Å². The molecule has 0 aliphatic heterocycles. The van der Waals surface area contributed by atoms with Gasteiger partial charge in [0.05, 0.1) is 23.4 Å². The van der Waals surface area contributed by atoms with E-state index in [1.54, 1.807) is 19.2 Å². The lowest BCUT2D eigenvalue weighted by molar-refractivity contribution is 0.153. The van der Waals surface area contributed by atoms with Gasteiger partial charge in [-0.25, -0.2) is 14.8 Å². The number of ether oxygens (including phenoxy) is 1. The van der Waals surface area contributed by atoms with Gasteiger partial charge in [-0.1, -0.05) is 17.8 Å². The topological polar surface area (TPSA) is 75.5 Å². The van der Waals surface area contributed by atoms with Crippen molar-refractivity contribution in [2.75, 3.05) is 14.2 Å². The molecule has 1 amide bonds. The number of benzene rings is 1. The van der Waals surface area contributed by atoms with E-state index < -0.39 is 12.0 Å². The SMILES string of the molecule is COc1cccc(Sc2sc(CN(C)C(=O)O)nc2-c2cccnc2F)c1. The summed E-state index contributed by atoms with van der Waals surface area (Å²) in [4.78, 5) is 21.3. The van der Waals surface area contributed by atoms with Crippen LogP contribution in [0.15, 0.2) is 51.7 Å². The van der Waals surface area contributed by atoms with Crippen molar-refractivity contribution >= 4 is 29.2 Å². The maximum Gasteiger partial charge on any atom is 0.407 e. The monoisotopic (exact) mass is 405 g/mol. The Labute approximate surface area is 163 Å². The first-order valence-corrected chi connectivity index (χ1v) is 9.47. The summed E-state index contributed by atoms with van der Waals surface area (Å²) in [6.07, 6.45) is 0.320. The number of carbonyl (C=O) groups is 1. The third kappa shape index (κ3) is 4.55. The minimum Gasteiger partial charge on any atom is -0.497 e. The van der Waals surface area contributed by atoms with Gasteiger partial charge in [-0.3, -0.25) is 0 Å². The molecule has 0 bridgehead atoms. The van der Waals surface area contributed by atoms with Gasteiger partial charge in [0.1, 0.15) is 16.5 Å². The van der Waals surface area contributed by atoms with Crippen molar-refractivity contribution in [3.05, 3.63) is 53.6 Å². The van der Waals surface area contributed by atoms with Crippen LogP contribution in [0.2, 0.25) is 0 Å². The fraction of sp³-hybridized carbons (Fsp3) is 0.167. The van der Waals surface area contributed by atoms with Crippen LogP contribution in [0.3, 0.4) is 0 Å². The molecule has 0 saturated heterocycles. The Bertz CT molecular complexity index is 965. The summed E-state index contributed by atoms with van der Waals surface area (Å²) in [5.41, 5.74) is 0.732. The van der Waals surface area contributed by atoms with Gasteiger partial charge in [0.25, 0.3) is 0 Å². The Balaban J connectivity index is 2.00. The highest BCUT2D eigenvalue weighted by Crippen LogP contribution is 2.41. The number of halogens is 1. The van der Waals surface area contributed by atoms with Gasteiger partial charge in [0, 0.05) is 18.1 Å². The molecule has 3 rings (SSSR count). The van der Waals surface area contributed by atoms with Crippen LogP contribution in [0.5, 0.6) is 5.75 Å². The molecule has 1 N–H and O–H groups in total. The van der Waals surface area contributed by atoms with Gasteiger partial charge in [0.15, 0.2) is 0 Å². The van der Waals surface area contributed by atoms with Gasteiger partial charge >= 0.3 is 6.09 Å². The highest BCUT2D eigenvalue weighted by Gasteiger charge is 2.20. The molecular formula is C18H16FN3O3S2. The first-order chi connectivity index (χ1) is 13.0. The average Bonchev–Trinajstić information content (AvgIpc) is 3.04. The van der Waals surface area contributed by atoms with Crippen molar-refractivity contribution in [1.29, 1.82) is 0 Å². The van der Waals surface area contributed by atoms with Crippen molar-refractivity contribution in [3.8, 4) is 17.0 Å². The Morgan fingerprint density at radius 3 is 2.89 bits per heavy atom. The van der Waals surface area contributed by atoms with E-state index in [9.17, 15) is 9.18 Å². The molecule has 0 atom stereocenters. The predicted octanol–water partition coefficient (Wildman–Crippen LogP) is 4.61. The van der Waals surface area contributed by atoms with E-state index in [1.807, 2.05) is 24.3 Å². The number of thiazole rings is 1. The number of pyridine rings is 1. The number of hydrogen-bond donors (Lipinski definition) is 1. The highest BCUT2D eigenvalue weighted by atomic mass is 32.2. The second-order valence-corrected chi connectivity index (χ2v) is 7.93. The zero-order chi connectivity index (χ0) is 19.4. The zero-order valence-electron chi connectivity index (χ0n) is 14.5. The summed E-state index contributed by atoms with van der Waals surface area (Å²) in [5, 5.41) is 9.66. The van der Waals surface area contributed by atoms with Crippen LogP contribution >= 0.6 is 23.1 Å². The van der Waals surface area contributed by atoms with Crippen molar-refractivity contribution in [3.63, 3.8) is 0 Å². The van der Waals surface area contributed by atoms with Crippen LogP contribution in [0, 0.1) is 5.95 Å². The van der Waals surface area contributed by atoms with Crippen LogP contribution < -0.4 is 4.74 Å². The van der Waals surface area contributed by atoms with E-state index in [0.717, 1.165) is 14.0 Å². The quantitative estimate of drug-likeness (QED) is 0.604. The smallest absolute Gasteiger partial charge is 0.407 e. The van der Waals surface area contributed by atoms with Crippen LogP contribution in [0.1, 0.15) is 5.01 Å². The summed E-state index contributed by atoms with van der Waals surface area (Å²) in [6, 6.07) is 10.7. The van der Waals surface area contributed by atoms with Crippen molar-refractivity contribution in [2.45, 2.75) is 15.6 Å². The maximum absolute atomic E-state index is 14.2. The summed E-state index contributed by atoms with van der Waals surface area (Å²) in [7, 11) is 3.05. The lowest BCUT2D eigenvalue weighted by Gasteiger charge is -2.09. The lowest BCUT2D eigenvalue weighted by atomic mass is 10.2. The number of rotatable bonds is 6. The molecule has 0 aliphatic rings. The molecule has 2 aromatic heterocycles. The molecule has 0 fully saturated rings. The Morgan fingerprint density at radius 2 is 2.19 bits per heavy atom. The number of amides is 1. The van der Waals surface area contributed by atoms with Gasteiger partial charge in [-0.05, 0) is 30.3 Å². The summed E-state index contributed by atoms with van der Waals surface area (Å²) < 4.78 is 20.2. The third-order valence-corrected chi connectivity index (χ3v) is 5.81. The minimum absolute atomic E-state index is 0.119. The third-order valence-electron chi connectivity index (χ3n) is 3.61. The average molecular weight is 405 g/mol. The Hall–Kier alpha value is -2.65. The van der Waals surface area contributed by atoms with Gasteiger partial charge in [0.2, 0.25) is 5.95 Å². The Kier molecular flexibility index (Phi) is 5.92. The molecule has 140 valence electrons. The van der Waals surface area contributed by atoms with E-state index in [1.165, 1.54) is 36.3 Å². The fourth-order valence-electron chi connectivity index (χ4n) is 2.26. The molecule has 0 radical (unpaired) electrons. The fourth-order valence-corrected chi connectivity index (χ4v) is 4.65. The van der Waals surface area contributed by atoms with E-state index >= 15 is 0 Å². The zero-order valence-corrected chi connectivity index (χ0v) is 16.2. The van der Waals surface area contributed by atoms with E-state index in [4.69, 9.17) is 9.84 Å². The summed E-state index contributed by atoms with van der Waals surface area (Å²) >= 11 is 2.75. The normalized spacial score (nSPS) is 10.6. The summed E-state index contributed by atoms with van der Waals surface area (Å²) in [5.74, 6) is 0.0953. The van der Waals surface area contributed by atoms with Crippen molar-refractivity contribution in [1.82, 2.24) is 14.9 Å². The largest absolute Gasteiger partial charge is 0.497 e. The molecule has 3 aromatic rings. The molecule has 0 unspecified atom stereocenters. The predicted molar refractivity (Wildman–Crippen MR) is 102 cm³/mol. The number of aromatic nitrogens is 2. The maximum atomic E-state index is 14.2. The molecule has 6 nitrogen and oxygen atoms in total. The van der Waals surface area contributed by atoms with Crippen LogP contribution in [0.25, 0.3) is 11.3 Å². The van der Waals surface area contributed by atoms with Crippen LogP contribution in [-0.4, -0.2) is 40.2 Å². The van der Waals surface area contributed by atoms with Gasteiger partial charge < -0.3 is 14.7 Å². The molecule has 0 aliphatic carbocycles. The molecule has 2 heterocycles. The number of carboxylic acid groups (broad SMARTS) is 1. The molecule has 1 aromatic carbocycles. The minimum atomic E-state index is -1.05. The first kappa shape index (κ1) is 19.1. The van der Waals surface area contributed by atoms with Gasteiger partial charge in [-0.2, -0.15) is 4.39 Å². The van der Waals surface area contributed by atoms with Crippen LogP contribution in [-0.2, 0) is 6.54 Å². The molecule has 0 saturated carbocycles. The van der Waals surface area contributed by atoms with Gasteiger partial charge in [-0.15, -0.1) is 11.3 Å². The molecule has 27 heavy (non-hydrogen) atoms. The molecular weight excluding hydrogens is 389 g/mol. The first-order valence-electron chi connectivity index (χ1n) is 7.84. The second-order valence-electron chi connectivity index (χ2n) is 5.51. The second kappa shape index (κ2) is 8.36. The number of hydrogen-bond acceptors (Lipinski definition) is 6. The lowest BCUT2D eigenvalue weighted by Crippen LogP contribution is -2.23. The highest BCUT2D eigenvalue weighted by molar-refractivity contribution is 8.01. The van der Waals surface area contributed by atoms with E-state index in [2.05, 4.69) is 9.97 Å². The number of nitrogens with zero attached hydrogens (tertiary/aromatic N) is 3. The number of methoxy groups -OCH3 is 1. The van der Waals surface area contributed by atoms with E-state index in [-0.39, 0.29) is 12.1 Å². The molecule has 9 heteroatoms. The molecule has 0 spiro atoms. The summed E-state index contributed by atoms with van der Waals surface area (Å²) in [6.45, 7) is 0.119. The standard InChI is InChI=1S/C18H16FN3O3S2/c1-22(18(23)24)10-14-21-15(13-7-4-8-20-16(13)19)17(27-14)26-12-6-3-5-11(9-12)25-2/h3-9H,10H2,1-2H3,(H,23,24). The van der Waals surface area contributed by atoms with Crippen molar-refractivity contribution < 1.29 is 19.0 Å².